The molecule has 0 aliphatic carbocycles. The van der Waals surface area contributed by atoms with Gasteiger partial charge in [-0.1, -0.05) is 0 Å². The number of aromatic nitrogens is 3. The van der Waals surface area contributed by atoms with Gasteiger partial charge in [0.05, 0.1) is 18.3 Å². The highest BCUT2D eigenvalue weighted by molar-refractivity contribution is 6.04. The van der Waals surface area contributed by atoms with Crippen molar-refractivity contribution in [3.05, 3.63) is 24.0 Å². The van der Waals surface area contributed by atoms with Gasteiger partial charge < -0.3 is 14.7 Å². The van der Waals surface area contributed by atoms with Crippen molar-refractivity contribution in [2.45, 2.75) is 52.3 Å². The van der Waals surface area contributed by atoms with E-state index in [0.29, 0.717) is 29.8 Å². The molecule has 0 aromatic carbocycles. The van der Waals surface area contributed by atoms with Crippen LogP contribution in [0.25, 0.3) is 10.9 Å². The zero-order valence-electron chi connectivity index (χ0n) is 16.7. The zero-order chi connectivity index (χ0) is 20.6. The Bertz CT molecular complexity index is 899. The Morgan fingerprint density at radius 2 is 1.86 bits per heavy atom. The van der Waals surface area contributed by atoms with Gasteiger partial charge in [-0.2, -0.15) is 5.10 Å². The summed E-state index contributed by atoms with van der Waals surface area (Å²) in [6, 6.07) is 1.50. The summed E-state index contributed by atoms with van der Waals surface area (Å²) in [4.78, 5) is 32.2. The second-order valence-corrected chi connectivity index (χ2v) is 8.08. The lowest BCUT2D eigenvalue weighted by Gasteiger charge is -2.45. The molecule has 3 rings (SSSR count). The second-order valence-electron chi connectivity index (χ2n) is 8.08. The molecular formula is C19H25N5O4. The molecule has 9 heteroatoms. The lowest BCUT2D eigenvalue weighted by molar-refractivity contribution is 0.00560. The number of rotatable bonds is 2. The van der Waals surface area contributed by atoms with Gasteiger partial charge in [-0.15, -0.1) is 5.10 Å². The van der Waals surface area contributed by atoms with Gasteiger partial charge in [0.15, 0.2) is 0 Å². The highest BCUT2D eigenvalue weighted by Crippen LogP contribution is 2.29. The average molecular weight is 387 g/mol. The van der Waals surface area contributed by atoms with Crippen LogP contribution >= 0.6 is 0 Å². The third kappa shape index (κ3) is 3.83. The monoisotopic (exact) mass is 387 g/mol. The first-order valence-electron chi connectivity index (χ1n) is 9.18. The fourth-order valence-corrected chi connectivity index (χ4v) is 3.55. The summed E-state index contributed by atoms with van der Waals surface area (Å²) in [7, 11) is 0. The molecule has 1 amide bonds. The van der Waals surface area contributed by atoms with E-state index in [0.717, 1.165) is 0 Å². The topological polar surface area (TPSA) is 109 Å². The molecule has 0 radical (unpaired) electrons. The number of carbonyl (C=O) groups excluding carboxylic acids is 1. The van der Waals surface area contributed by atoms with Crippen LogP contribution in [0.5, 0.6) is 0 Å². The largest absolute Gasteiger partial charge is 0.478 e. The van der Waals surface area contributed by atoms with Gasteiger partial charge in [0.1, 0.15) is 22.5 Å². The molecular weight excluding hydrogens is 362 g/mol. The molecule has 1 saturated heterocycles. The molecule has 1 N–H and O–H groups in total. The van der Waals surface area contributed by atoms with E-state index in [1.54, 1.807) is 11.0 Å². The number of carbonyl (C=O) groups is 2. The molecule has 2 atom stereocenters. The lowest BCUT2D eigenvalue weighted by atomic mass is 10.1. The third-order valence-corrected chi connectivity index (χ3v) is 4.59. The number of amides is 1. The predicted octanol–water partition coefficient (Wildman–Crippen LogP) is 2.56. The van der Waals surface area contributed by atoms with Crippen LogP contribution in [-0.4, -0.2) is 68.0 Å². The molecule has 28 heavy (non-hydrogen) atoms. The minimum absolute atomic E-state index is 0.0142. The number of pyridine rings is 1. The molecule has 2 aromatic rings. The molecule has 0 bridgehead atoms. The van der Waals surface area contributed by atoms with Crippen molar-refractivity contribution >= 4 is 28.8 Å². The lowest BCUT2D eigenvalue weighted by Crippen LogP contribution is -2.59. The number of carboxylic acid groups (broad SMARTS) is 1. The zero-order valence-corrected chi connectivity index (χ0v) is 16.7. The molecule has 0 unspecified atom stereocenters. The van der Waals surface area contributed by atoms with Crippen molar-refractivity contribution in [2.75, 3.05) is 18.0 Å². The van der Waals surface area contributed by atoms with Crippen LogP contribution in [0.3, 0.4) is 0 Å². The third-order valence-electron chi connectivity index (χ3n) is 4.59. The molecule has 1 aliphatic rings. The number of anilines is 1. The number of fused-ring (bicyclic) bond motifs is 1. The van der Waals surface area contributed by atoms with E-state index in [2.05, 4.69) is 15.2 Å². The molecule has 9 nitrogen and oxygen atoms in total. The maximum absolute atomic E-state index is 12.6. The Kier molecular flexibility index (Phi) is 5.10. The van der Waals surface area contributed by atoms with Gasteiger partial charge in [-0.25, -0.2) is 14.6 Å². The van der Waals surface area contributed by atoms with Gasteiger partial charge in [-0.05, 0) is 40.7 Å². The molecule has 0 spiro atoms. The second kappa shape index (κ2) is 7.21. The SMILES string of the molecule is C[C@@H]1CN(c2ncc(C(=O)O)c3nnccc23)C[C@H](C)N1C(=O)OC(C)(C)C. The predicted molar refractivity (Wildman–Crippen MR) is 104 cm³/mol. The van der Waals surface area contributed by atoms with Crippen LogP contribution in [0.15, 0.2) is 18.5 Å². The summed E-state index contributed by atoms with van der Waals surface area (Å²) in [6.07, 6.45) is 2.49. The number of aromatic carboxylic acids is 1. The standard InChI is InChI=1S/C19H25N5O4/c1-11-9-23(10-12(2)24(11)18(27)28-19(3,4)5)16-13-6-7-21-22-15(13)14(8-20-16)17(25)26/h6-8,11-12H,9-10H2,1-5H3,(H,25,26)/t11-,12+. The fraction of sp³-hybridized carbons (Fsp3) is 0.526. The van der Waals surface area contributed by atoms with Crippen molar-refractivity contribution < 1.29 is 19.4 Å². The van der Waals surface area contributed by atoms with Crippen LogP contribution in [0.4, 0.5) is 10.6 Å². The maximum atomic E-state index is 12.6. The van der Waals surface area contributed by atoms with Crippen molar-refractivity contribution in [3.8, 4) is 0 Å². The number of nitrogens with zero attached hydrogens (tertiary/aromatic N) is 5. The van der Waals surface area contributed by atoms with Gasteiger partial charge >= 0.3 is 12.1 Å². The molecule has 0 saturated carbocycles. The normalized spacial score (nSPS) is 20.3. The first kappa shape index (κ1) is 19.8. The highest BCUT2D eigenvalue weighted by Gasteiger charge is 2.36. The molecule has 3 heterocycles. The van der Waals surface area contributed by atoms with E-state index in [4.69, 9.17) is 4.74 Å². The van der Waals surface area contributed by atoms with E-state index in [9.17, 15) is 14.7 Å². The Morgan fingerprint density at radius 1 is 1.21 bits per heavy atom. The number of hydrogen-bond donors (Lipinski definition) is 1. The maximum Gasteiger partial charge on any atom is 0.410 e. The molecule has 2 aromatic heterocycles. The summed E-state index contributed by atoms with van der Waals surface area (Å²) >= 11 is 0. The van der Waals surface area contributed by atoms with Crippen molar-refractivity contribution in [2.24, 2.45) is 0 Å². The number of ether oxygens (including phenoxy) is 1. The summed E-state index contributed by atoms with van der Waals surface area (Å²) in [6.45, 7) is 10.5. The Hall–Kier alpha value is -2.97. The summed E-state index contributed by atoms with van der Waals surface area (Å²) in [5, 5.41) is 17.8. The molecule has 150 valence electrons. The minimum Gasteiger partial charge on any atom is -0.478 e. The Balaban J connectivity index is 1.91. The quantitative estimate of drug-likeness (QED) is 0.837. The molecule has 1 fully saturated rings. The molecule has 1 aliphatic heterocycles. The summed E-state index contributed by atoms with van der Waals surface area (Å²) in [5.41, 5.74) is -0.244. The van der Waals surface area contributed by atoms with Gasteiger partial charge in [0.25, 0.3) is 0 Å². The first-order valence-corrected chi connectivity index (χ1v) is 9.18. The summed E-state index contributed by atoms with van der Waals surface area (Å²) in [5.74, 6) is -0.460. The fourth-order valence-electron chi connectivity index (χ4n) is 3.55. The minimum atomic E-state index is -1.10. The number of piperazine rings is 1. The Morgan fingerprint density at radius 3 is 2.43 bits per heavy atom. The van der Waals surface area contributed by atoms with Crippen LogP contribution in [0, 0.1) is 0 Å². The smallest absolute Gasteiger partial charge is 0.410 e. The van der Waals surface area contributed by atoms with Gasteiger partial charge in [-0.3, -0.25) is 4.90 Å². The summed E-state index contributed by atoms with van der Waals surface area (Å²) < 4.78 is 5.54. The first-order chi connectivity index (χ1) is 13.1. The number of carboxylic acids is 1. The van der Waals surface area contributed by atoms with Crippen LogP contribution < -0.4 is 4.90 Å². The van der Waals surface area contributed by atoms with Crippen molar-refractivity contribution in [1.82, 2.24) is 20.1 Å². The highest BCUT2D eigenvalue weighted by atomic mass is 16.6. The van der Waals surface area contributed by atoms with Gasteiger partial charge in [0.2, 0.25) is 0 Å². The van der Waals surface area contributed by atoms with Crippen molar-refractivity contribution in [3.63, 3.8) is 0 Å². The number of hydrogen-bond acceptors (Lipinski definition) is 7. The van der Waals surface area contributed by atoms with Crippen LogP contribution in [-0.2, 0) is 4.74 Å². The van der Waals surface area contributed by atoms with Gasteiger partial charge in [0, 0.05) is 24.7 Å². The van der Waals surface area contributed by atoms with Crippen molar-refractivity contribution in [1.29, 1.82) is 0 Å². The van der Waals surface area contributed by atoms with E-state index < -0.39 is 11.6 Å². The average Bonchev–Trinajstić information content (AvgIpc) is 2.58. The van der Waals surface area contributed by atoms with E-state index in [-0.39, 0.29) is 23.7 Å². The van der Waals surface area contributed by atoms with E-state index >= 15 is 0 Å². The Labute approximate surface area is 163 Å². The van der Waals surface area contributed by atoms with Crippen LogP contribution in [0.2, 0.25) is 0 Å². The van der Waals surface area contributed by atoms with Crippen LogP contribution in [0.1, 0.15) is 45.0 Å². The van der Waals surface area contributed by atoms with E-state index in [1.807, 2.05) is 39.5 Å². The van der Waals surface area contributed by atoms with E-state index in [1.165, 1.54) is 12.4 Å².